The molecule has 0 rings (SSSR count). The molecule has 3 amide bonds. The van der Waals surface area contributed by atoms with Gasteiger partial charge in [-0.25, -0.2) is 4.79 Å². The van der Waals surface area contributed by atoms with Gasteiger partial charge >= 0.3 is 5.97 Å². The normalized spacial score (nSPS) is 10.1. The van der Waals surface area contributed by atoms with E-state index < -0.39 is 17.8 Å². The van der Waals surface area contributed by atoms with E-state index in [9.17, 15) is 24.0 Å². The van der Waals surface area contributed by atoms with Gasteiger partial charge in [-0.15, -0.1) is 0 Å². The van der Waals surface area contributed by atoms with Crippen LogP contribution in [-0.4, -0.2) is 54.0 Å². The molecule has 0 aromatic heterocycles. The molecule has 0 fully saturated rings. The first-order valence-corrected chi connectivity index (χ1v) is 6.75. The fraction of sp³-hybridized carbons (Fsp3) is 0.500. The number of carbonyl (C=O) groups is 5. The van der Waals surface area contributed by atoms with Crippen LogP contribution in [-0.2, 0) is 28.8 Å². The van der Waals surface area contributed by atoms with E-state index in [1.54, 1.807) is 6.92 Å². The van der Waals surface area contributed by atoms with E-state index >= 15 is 0 Å². The molecule has 122 valence electrons. The maximum Gasteiger partial charge on any atom is 0.332 e. The quantitative estimate of drug-likeness (QED) is 0.343. The van der Waals surface area contributed by atoms with E-state index in [1.807, 2.05) is 0 Å². The van der Waals surface area contributed by atoms with Crippen LogP contribution in [0.25, 0.3) is 0 Å². The van der Waals surface area contributed by atoms with Crippen molar-refractivity contribution in [2.24, 2.45) is 0 Å². The molecule has 0 bridgehead atoms. The van der Waals surface area contributed by atoms with Gasteiger partial charge in [-0.2, -0.15) is 5.06 Å². The van der Waals surface area contributed by atoms with Crippen LogP contribution in [0.3, 0.4) is 0 Å². The molecule has 8 heteroatoms. The molecule has 0 aliphatic rings. The number of allylic oxidation sites excluding steroid dienone is 1. The zero-order chi connectivity index (χ0) is 17.0. The molecule has 22 heavy (non-hydrogen) atoms. The SMILES string of the molecule is C/C=C\C(=O)N(C=O)CCCC(=O)ON(C)C(=O)CCC=O. The Bertz CT molecular complexity index is 447. The van der Waals surface area contributed by atoms with Gasteiger partial charge in [0.2, 0.25) is 6.41 Å². The number of hydrogen-bond acceptors (Lipinski definition) is 6. The zero-order valence-electron chi connectivity index (χ0n) is 12.7. The summed E-state index contributed by atoms with van der Waals surface area (Å²) >= 11 is 0. The van der Waals surface area contributed by atoms with E-state index in [-0.39, 0.29) is 32.2 Å². The van der Waals surface area contributed by atoms with Gasteiger partial charge in [-0.3, -0.25) is 19.3 Å². The third kappa shape index (κ3) is 7.93. The fourth-order valence-electron chi connectivity index (χ4n) is 1.44. The van der Waals surface area contributed by atoms with Crippen LogP contribution in [0.5, 0.6) is 0 Å². The first-order chi connectivity index (χ1) is 10.5. The van der Waals surface area contributed by atoms with E-state index in [1.165, 1.54) is 19.2 Å². The largest absolute Gasteiger partial charge is 0.338 e. The third-order valence-corrected chi connectivity index (χ3v) is 2.57. The van der Waals surface area contributed by atoms with Crippen LogP contribution in [0.2, 0.25) is 0 Å². The smallest absolute Gasteiger partial charge is 0.332 e. The van der Waals surface area contributed by atoms with E-state index in [0.717, 1.165) is 9.96 Å². The summed E-state index contributed by atoms with van der Waals surface area (Å²) in [5.74, 6) is -1.61. The molecule has 8 nitrogen and oxygen atoms in total. The topological polar surface area (TPSA) is 101 Å². The first kappa shape index (κ1) is 19.5. The van der Waals surface area contributed by atoms with Gasteiger partial charge < -0.3 is 9.63 Å². The highest BCUT2D eigenvalue weighted by Gasteiger charge is 2.15. The number of hydroxylamine groups is 2. The number of rotatable bonds is 9. The molecular weight excluding hydrogens is 292 g/mol. The second kappa shape index (κ2) is 11.2. The van der Waals surface area contributed by atoms with E-state index in [0.29, 0.717) is 12.7 Å². The molecule has 0 atom stereocenters. The molecule has 0 radical (unpaired) electrons. The summed E-state index contributed by atoms with van der Waals surface area (Å²) in [6.07, 6.45) is 3.92. The Labute approximate surface area is 128 Å². The van der Waals surface area contributed by atoms with E-state index in [4.69, 9.17) is 4.84 Å². The number of nitrogens with zero attached hydrogens (tertiary/aromatic N) is 2. The van der Waals surface area contributed by atoms with Gasteiger partial charge in [0, 0.05) is 32.9 Å². The Balaban J connectivity index is 4.12. The number of carbonyl (C=O) groups excluding carboxylic acids is 5. The lowest BCUT2D eigenvalue weighted by atomic mass is 10.3. The van der Waals surface area contributed by atoms with Crippen LogP contribution >= 0.6 is 0 Å². The highest BCUT2D eigenvalue weighted by Crippen LogP contribution is 2.01. The molecule has 0 aromatic carbocycles. The highest BCUT2D eigenvalue weighted by atomic mass is 16.7. The fourth-order valence-corrected chi connectivity index (χ4v) is 1.44. The van der Waals surface area contributed by atoms with Crippen molar-refractivity contribution in [1.82, 2.24) is 9.96 Å². The molecule has 0 N–H and O–H groups in total. The van der Waals surface area contributed by atoms with Gasteiger partial charge in [0.25, 0.3) is 11.8 Å². The first-order valence-electron chi connectivity index (χ1n) is 6.75. The Morgan fingerprint density at radius 3 is 2.36 bits per heavy atom. The Morgan fingerprint density at radius 1 is 1.14 bits per heavy atom. The number of aldehydes is 1. The van der Waals surface area contributed by atoms with Crippen LogP contribution in [0.15, 0.2) is 12.2 Å². The third-order valence-electron chi connectivity index (χ3n) is 2.57. The van der Waals surface area contributed by atoms with Gasteiger partial charge in [0.15, 0.2) is 0 Å². The summed E-state index contributed by atoms with van der Waals surface area (Å²) < 4.78 is 0. The predicted octanol–water partition coefficient (Wildman–Crippen LogP) is 0.223. The lowest BCUT2D eigenvalue weighted by molar-refractivity contribution is -0.192. The van der Waals surface area contributed by atoms with E-state index in [2.05, 4.69) is 0 Å². The molecule has 0 spiro atoms. The lowest BCUT2D eigenvalue weighted by Crippen LogP contribution is -2.31. The maximum atomic E-state index is 11.5. The second-order valence-electron chi connectivity index (χ2n) is 4.30. The summed E-state index contributed by atoms with van der Waals surface area (Å²) in [5.41, 5.74) is 0. The average molecular weight is 312 g/mol. The van der Waals surface area contributed by atoms with Crippen LogP contribution in [0.1, 0.15) is 32.6 Å². The van der Waals surface area contributed by atoms with Gasteiger partial charge in [0.1, 0.15) is 6.29 Å². The summed E-state index contributed by atoms with van der Waals surface area (Å²) in [6, 6.07) is 0. The summed E-state index contributed by atoms with van der Waals surface area (Å²) in [6.45, 7) is 1.72. The van der Waals surface area contributed by atoms with Crippen LogP contribution in [0.4, 0.5) is 0 Å². The number of imide groups is 1. The molecule has 0 aliphatic heterocycles. The molecule has 0 saturated carbocycles. The Hall–Kier alpha value is -2.51. The molecule has 0 unspecified atom stereocenters. The van der Waals surface area contributed by atoms with Gasteiger partial charge in [-0.05, 0) is 19.4 Å². The van der Waals surface area contributed by atoms with Crippen molar-refractivity contribution in [3.05, 3.63) is 12.2 Å². The Kier molecular flexibility index (Phi) is 9.91. The predicted molar refractivity (Wildman–Crippen MR) is 76.0 cm³/mol. The van der Waals surface area contributed by atoms with Crippen LogP contribution < -0.4 is 0 Å². The zero-order valence-corrected chi connectivity index (χ0v) is 12.7. The van der Waals surface area contributed by atoms with Crippen LogP contribution in [0, 0.1) is 0 Å². The van der Waals surface area contributed by atoms with Gasteiger partial charge in [0.05, 0.1) is 0 Å². The maximum absolute atomic E-state index is 11.5. The minimum atomic E-state index is -0.661. The Morgan fingerprint density at radius 2 is 1.82 bits per heavy atom. The number of amides is 3. The molecule has 0 aliphatic carbocycles. The molecular formula is C14H20N2O6. The lowest BCUT2D eigenvalue weighted by Gasteiger charge is -2.16. The average Bonchev–Trinajstić information content (AvgIpc) is 2.49. The summed E-state index contributed by atoms with van der Waals surface area (Å²) in [4.78, 5) is 60.9. The molecule has 0 saturated heterocycles. The van der Waals surface area contributed by atoms with Crippen molar-refractivity contribution < 1.29 is 28.8 Å². The highest BCUT2D eigenvalue weighted by molar-refractivity contribution is 5.94. The van der Waals surface area contributed by atoms with Gasteiger partial charge in [-0.1, -0.05) is 6.08 Å². The standard InChI is InChI=1S/C14H20N2O6/c1-3-6-13(20)16(11-18)9-4-8-14(21)22-15(2)12(19)7-5-10-17/h3,6,10-11H,4-5,7-9H2,1-2H3/b6-3-. The van der Waals surface area contributed by atoms with Crippen molar-refractivity contribution in [1.29, 1.82) is 0 Å². The summed E-state index contributed by atoms with van der Waals surface area (Å²) in [7, 11) is 1.28. The summed E-state index contributed by atoms with van der Waals surface area (Å²) in [5, 5.41) is 0.772. The number of hydrogen-bond donors (Lipinski definition) is 0. The minimum absolute atomic E-state index is 0.0376. The molecule has 0 aromatic rings. The van der Waals surface area contributed by atoms with Crippen molar-refractivity contribution in [2.45, 2.75) is 32.6 Å². The second-order valence-corrected chi connectivity index (χ2v) is 4.30. The monoisotopic (exact) mass is 312 g/mol. The van der Waals surface area contributed by atoms with Crippen molar-refractivity contribution in [3.8, 4) is 0 Å². The minimum Gasteiger partial charge on any atom is -0.338 e. The molecule has 0 heterocycles. The van der Waals surface area contributed by atoms with Crippen molar-refractivity contribution in [2.75, 3.05) is 13.6 Å². The van der Waals surface area contributed by atoms with Crippen molar-refractivity contribution in [3.63, 3.8) is 0 Å². The van der Waals surface area contributed by atoms with Crippen molar-refractivity contribution >= 4 is 30.5 Å².